The Bertz CT molecular complexity index is 868. The van der Waals surface area contributed by atoms with E-state index in [1.54, 1.807) is 12.1 Å². The average Bonchev–Trinajstić information content (AvgIpc) is 3.18. The van der Waals surface area contributed by atoms with Crippen LogP contribution in [-0.2, 0) is 10.0 Å². The summed E-state index contributed by atoms with van der Waals surface area (Å²) in [6.45, 7) is 5.08. The van der Waals surface area contributed by atoms with Gasteiger partial charge in [0.05, 0.1) is 10.9 Å². The van der Waals surface area contributed by atoms with Gasteiger partial charge in [-0.15, -0.1) is 0 Å². The molecule has 2 aromatic carbocycles. The van der Waals surface area contributed by atoms with Crippen LogP contribution < -0.4 is 5.32 Å². The normalized spacial score (nSPS) is 16.4. The third-order valence-electron chi connectivity index (χ3n) is 4.74. The highest BCUT2D eigenvalue weighted by molar-refractivity contribution is 7.89. The summed E-state index contributed by atoms with van der Waals surface area (Å²) >= 11 is 0. The van der Waals surface area contributed by atoms with E-state index in [1.807, 2.05) is 38.1 Å². The molecule has 138 valence electrons. The Balaban J connectivity index is 1.69. The zero-order valence-corrected chi connectivity index (χ0v) is 15.9. The molecule has 1 amide bonds. The minimum absolute atomic E-state index is 0.129. The van der Waals surface area contributed by atoms with Crippen LogP contribution in [0.15, 0.2) is 53.4 Å². The van der Waals surface area contributed by atoms with Gasteiger partial charge in [0.2, 0.25) is 10.0 Å². The van der Waals surface area contributed by atoms with E-state index >= 15 is 0 Å². The highest BCUT2D eigenvalue weighted by Crippen LogP contribution is 2.21. The molecular formula is C20H24N2O3S. The summed E-state index contributed by atoms with van der Waals surface area (Å²) in [4.78, 5) is 12.7. The summed E-state index contributed by atoms with van der Waals surface area (Å²) in [5.41, 5.74) is 2.64. The van der Waals surface area contributed by atoms with E-state index in [0.717, 1.165) is 18.4 Å². The minimum Gasteiger partial charge on any atom is -0.346 e. The molecule has 1 N–H and O–H groups in total. The average molecular weight is 372 g/mol. The molecule has 0 aromatic heterocycles. The Morgan fingerprint density at radius 3 is 2.15 bits per heavy atom. The van der Waals surface area contributed by atoms with Crippen LogP contribution in [0.3, 0.4) is 0 Å². The third-order valence-corrected chi connectivity index (χ3v) is 6.66. The molecule has 1 fully saturated rings. The van der Waals surface area contributed by atoms with Crippen LogP contribution in [-0.4, -0.2) is 31.7 Å². The van der Waals surface area contributed by atoms with Crippen molar-refractivity contribution in [3.8, 4) is 0 Å². The lowest BCUT2D eigenvalue weighted by Crippen LogP contribution is -2.28. The van der Waals surface area contributed by atoms with Crippen molar-refractivity contribution in [2.45, 2.75) is 37.6 Å². The maximum Gasteiger partial charge on any atom is 0.251 e. The van der Waals surface area contributed by atoms with Gasteiger partial charge in [0, 0.05) is 18.7 Å². The van der Waals surface area contributed by atoms with E-state index in [1.165, 1.54) is 22.0 Å². The first-order chi connectivity index (χ1) is 12.4. The molecule has 3 rings (SSSR count). The standard InChI is InChI=1S/C20H24N2O3S/c1-15-5-7-17(8-6-15)16(2)21-20(23)18-9-11-19(12-10-18)26(24,25)22-13-3-4-14-22/h5-12,16H,3-4,13-14H2,1-2H3,(H,21,23)/t16-/m0/s1. The largest absolute Gasteiger partial charge is 0.346 e. The van der Waals surface area contributed by atoms with Crippen LogP contribution in [0.2, 0.25) is 0 Å². The van der Waals surface area contributed by atoms with E-state index < -0.39 is 10.0 Å². The molecule has 0 aliphatic carbocycles. The highest BCUT2D eigenvalue weighted by Gasteiger charge is 2.27. The number of amides is 1. The smallest absolute Gasteiger partial charge is 0.251 e. The Morgan fingerprint density at radius 1 is 1.00 bits per heavy atom. The van der Waals surface area contributed by atoms with Crippen LogP contribution in [0, 0.1) is 6.92 Å². The van der Waals surface area contributed by atoms with Crippen molar-refractivity contribution in [3.63, 3.8) is 0 Å². The lowest BCUT2D eigenvalue weighted by atomic mass is 10.1. The fraction of sp³-hybridized carbons (Fsp3) is 0.350. The predicted octanol–water partition coefficient (Wildman–Crippen LogP) is 3.27. The Hall–Kier alpha value is -2.18. The maximum atomic E-state index is 12.5. The SMILES string of the molecule is Cc1ccc([C@H](C)NC(=O)c2ccc(S(=O)(=O)N3CCCC3)cc2)cc1. The first-order valence-corrected chi connectivity index (χ1v) is 10.3. The molecule has 0 saturated carbocycles. The van der Waals surface area contributed by atoms with Gasteiger partial charge in [0.15, 0.2) is 0 Å². The molecule has 1 aliphatic heterocycles. The molecule has 26 heavy (non-hydrogen) atoms. The predicted molar refractivity (Wildman–Crippen MR) is 101 cm³/mol. The van der Waals surface area contributed by atoms with Crippen LogP contribution >= 0.6 is 0 Å². The number of carbonyl (C=O) groups excluding carboxylic acids is 1. The number of sulfonamides is 1. The number of carbonyl (C=O) groups is 1. The van der Waals surface area contributed by atoms with Crippen LogP contribution in [0.1, 0.15) is 47.3 Å². The number of aryl methyl sites for hydroxylation is 1. The number of hydrogen-bond acceptors (Lipinski definition) is 3. The van der Waals surface area contributed by atoms with Crippen molar-refractivity contribution in [2.24, 2.45) is 0 Å². The number of rotatable bonds is 5. The van der Waals surface area contributed by atoms with Crippen molar-refractivity contribution in [2.75, 3.05) is 13.1 Å². The third kappa shape index (κ3) is 3.97. The second-order valence-electron chi connectivity index (χ2n) is 6.74. The highest BCUT2D eigenvalue weighted by atomic mass is 32.2. The summed E-state index contributed by atoms with van der Waals surface area (Å²) in [5, 5.41) is 2.95. The molecule has 1 aliphatic rings. The monoisotopic (exact) mass is 372 g/mol. The van der Waals surface area contributed by atoms with E-state index in [4.69, 9.17) is 0 Å². The van der Waals surface area contributed by atoms with E-state index in [-0.39, 0.29) is 16.8 Å². The molecule has 0 bridgehead atoms. The molecular weight excluding hydrogens is 348 g/mol. The summed E-state index contributed by atoms with van der Waals surface area (Å²) in [6.07, 6.45) is 1.80. The Morgan fingerprint density at radius 2 is 1.58 bits per heavy atom. The first-order valence-electron chi connectivity index (χ1n) is 8.85. The van der Waals surface area contributed by atoms with Gasteiger partial charge in [0.25, 0.3) is 5.91 Å². The molecule has 0 radical (unpaired) electrons. The number of nitrogens with zero attached hydrogens (tertiary/aromatic N) is 1. The molecule has 0 spiro atoms. The van der Waals surface area contributed by atoms with E-state index in [9.17, 15) is 13.2 Å². The van der Waals surface area contributed by atoms with E-state index in [0.29, 0.717) is 18.7 Å². The van der Waals surface area contributed by atoms with Gasteiger partial charge in [-0.25, -0.2) is 8.42 Å². The van der Waals surface area contributed by atoms with Crippen molar-refractivity contribution in [1.82, 2.24) is 9.62 Å². The van der Waals surface area contributed by atoms with Crippen molar-refractivity contribution in [1.29, 1.82) is 0 Å². The minimum atomic E-state index is -3.45. The van der Waals surface area contributed by atoms with Crippen LogP contribution in [0.25, 0.3) is 0 Å². The lowest BCUT2D eigenvalue weighted by molar-refractivity contribution is 0.0940. The van der Waals surface area contributed by atoms with Gasteiger partial charge >= 0.3 is 0 Å². The van der Waals surface area contributed by atoms with Gasteiger partial charge in [-0.3, -0.25) is 4.79 Å². The molecule has 1 saturated heterocycles. The molecule has 1 atom stereocenters. The maximum absolute atomic E-state index is 12.5. The van der Waals surface area contributed by atoms with Crippen LogP contribution in [0.4, 0.5) is 0 Å². The molecule has 6 heteroatoms. The zero-order chi connectivity index (χ0) is 18.7. The van der Waals surface area contributed by atoms with Gasteiger partial charge in [-0.2, -0.15) is 4.31 Å². The quantitative estimate of drug-likeness (QED) is 0.876. The summed E-state index contributed by atoms with van der Waals surface area (Å²) in [6, 6.07) is 14.0. The molecule has 0 unspecified atom stereocenters. The molecule has 5 nitrogen and oxygen atoms in total. The lowest BCUT2D eigenvalue weighted by Gasteiger charge is -2.16. The zero-order valence-electron chi connectivity index (χ0n) is 15.1. The van der Waals surface area contributed by atoms with Crippen molar-refractivity contribution >= 4 is 15.9 Å². The fourth-order valence-corrected chi connectivity index (χ4v) is 4.59. The second kappa shape index (κ2) is 7.60. The first kappa shape index (κ1) is 18.6. The fourth-order valence-electron chi connectivity index (χ4n) is 3.07. The molecule has 1 heterocycles. The van der Waals surface area contributed by atoms with Gasteiger partial charge < -0.3 is 5.32 Å². The Labute approximate surface area is 155 Å². The number of benzene rings is 2. The van der Waals surface area contributed by atoms with E-state index in [2.05, 4.69) is 5.32 Å². The number of hydrogen-bond donors (Lipinski definition) is 1. The number of nitrogens with one attached hydrogen (secondary N) is 1. The topological polar surface area (TPSA) is 66.5 Å². The summed E-state index contributed by atoms with van der Waals surface area (Å²) in [7, 11) is -3.45. The summed E-state index contributed by atoms with van der Waals surface area (Å²) in [5.74, 6) is -0.219. The van der Waals surface area contributed by atoms with Gasteiger partial charge in [-0.1, -0.05) is 29.8 Å². The van der Waals surface area contributed by atoms with Crippen LogP contribution in [0.5, 0.6) is 0 Å². The van der Waals surface area contributed by atoms with Crippen molar-refractivity contribution in [3.05, 3.63) is 65.2 Å². The van der Waals surface area contributed by atoms with Crippen molar-refractivity contribution < 1.29 is 13.2 Å². The summed E-state index contributed by atoms with van der Waals surface area (Å²) < 4.78 is 26.6. The Kier molecular flexibility index (Phi) is 5.44. The molecule has 2 aromatic rings. The van der Waals surface area contributed by atoms with Gasteiger partial charge in [-0.05, 0) is 56.5 Å². The second-order valence-corrected chi connectivity index (χ2v) is 8.68. The van der Waals surface area contributed by atoms with Gasteiger partial charge in [0.1, 0.15) is 0 Å².